The number of nitrogens with zero attached hydrogens (tertiary/aromatic N) is 2. The molecule has 0 aliphatic rings. The van der Waals surface area contributed by atoms with E-state index in [-0.39, 0.29) is 5.54 Å². The molecule has 0 saturated carbocycles. The summed E-state index contributed by atoms with van der Waals surface area (Å²) in [4.78, 5) is 0. The number of alkyl halides is 1. The van der Waals surface area contributed by atoms with Gasteiger partial charge in [-0.1, -0.05) is 18.5 Å². The van der Waals surface area contributed by atoms with Gasteiger partial charge in [0, 0.05) is 25.6 Å². The fraction of sp³-hybridized carbons (Fsp3) is 0.769. The Morgan fingerprint density at radius 1 is 1.44 bits per heavy atom. The van der Waals surface area contributed by atoms with Crippen LogP contribution in [-0.2, 0) is 19.9 Å². The van der Waals surface area contributed by atoms with E-state index in [0.29, 0.717) is 18.0 Å². The van der Waals surface area contributed by atoms with Gasteiger partial charge in [-0.05, 0) is 27.2 Å². The molecule has 5 heteroatoms. The Kier molecular flexibility index (Phi) is 5.17. The van der Waals surface area contributed by atoms with Crippen molar-refractivity contribution in [3.8, 4) is 0 Å². The van der Waals surface area contributed by atoms with Crippen molar-refractivity contribution in [1.29, 1.82) is 0 Å². The zero-order chi connectivity index (χ0) is 13.9. The highest BCUT2D eigenvalue weighted by atomic mass is 35.5. The number of nitrogens with one attached hydrogen (secondary N) is 1. The summed E-state index contributed by atoms with van der Waals surface area (Å²) >= 11 is 6.19. The highest BCUT2D eigenvalue weighted by molar-refractivity contribution is 6.31. The average molecular weight is 276 g/mol. The van der Waals surface area contributed by atoms with Crippen molar-refractivity contribution in [1.82, 2.24) is 15.1 Å². The van der Waals surface area contributed by atoms with E-state index in [2.05, 4.69) is 10.4 Å². The van der Waals surface area contributed by atoms with Gasteiger partial charge in [-0.3, -0.25) is 4.68 Å². The van der Waals surface area contributed by atoms with Crippen LogP contribution in [0.15, 0.2) is 0 Å². The zero-order valence-electron chi connectivity index (χ0n) is 11.8. The molecule has 0 aromatic carbocycles. The van der Waals surface area contributed by atoms with E-state index in [1.54, 1.807) is 4.68 Å². The Labute approximate surface area is 114 Å². The standard InChI is InChI=1S/C13H23ClFN3/c1-6-10-12(14)11(18(5)17-10)7-9(15)8-16-13(2,3)4/h9,16H,6-8H2,1-5H3. The lowest BCUT2D eigenvalue weighted by molar-refractivity contribution is 0.281. The molecule has 0 fully saturated rings. The number of hydrogen-bond donors (Lipinski definition) is 1. The summed E-state index contributed by atoms with van der Waals surface area (Å²) in [7, 11) is 1.81. The Morgan fingerprint density at radius 2 is 2.06 bits per heavy atom. The molecule has 0 spiro atoms. The van der Waals surface area contributed by atoms with E-state index < -0.39 is 6.17 Å². The van der Waals surface area contributed by atoms with Crippen LogP contribution in [-0.4, -0.2) is 28.0 Å². The Hall–Kier alpha value is -0.610. The van der Waals surface area contributed by atoms with E-state index >= 15 is 0 Å². The molecular formula is C13H23ClFN3. The van der Waals surface area contributed by atoms with Crippen LogP contribution in [0, 0.1) is 0 Å². The van der Waals surface area contributed by atoms with Crippen LogP contribution < -0.4 is 5.32 Å². The third-order valence-corrected chi connectivity index (χ3v) is 3.21. The van der Waals surface area contributed by atoms with Crippen molar-refractivity contribution in [3.63, 3.8) is 0 Å². The van der Waals surface area contributed by atoms with Crippen LogP contribution in [0.25, 0.3) is 0 Å². The molecule has 0 bridgehead atoms. The summed E-state index contributed by atoms with van der Waals surface area (Å²) < 4.78 is 15.6. The molecule has 1 aromatic rings. The van der Waals surface area contributed by atoms with Crippen LogP contribution in [0.1, 0.15) is 39.1 Å². The minimum atomic E-state index is -0.957. The quantitative estimate of drug-likeness (QED) is 0.895. The van der Waals surface area contributed by atoms with Crippen molar-refractivity contribution < 1.29 is 4.39 Å². The fourth-order valence-electron chi connectivity index (χ4n) is 1.74. The van der Waals surface area contributed by atoms with Gasteiger partial charge in [0.05, 0.1) is 16.4 Å². The van der Waals surface area contributed by atoms with Gasteiger partial charge in [-0.15, -0.1) is 0 Å². The predicted octanol–water partition coefficient (Wildman–Crippen LogP) is 2.90. The molecule has 0 amide bonds. The second-order valence-electron chi connectivity index (χ2n) is 5.62. The number of aryl methyl sites for hydroxylation is 2. The number of aromatic nitrogens is 2. The SMILES string of the molecule is CCc1nn(C)c(CC(F)CNC(C)(C)C)c1Cl. The number of hydrogen-bond acceptors (Lipinski definition) is 2. The largest absolute Gasteiger partial charge is 0.309 e. The Balaban J connectivity index is 2.64. The third-order valence-electron chi connectivity index (χ3n) is 2.77. The summed E-state index contributed by atoms with van der Waals surface area (Å²) in [6.07, 6.45) is 0.108. The molecule has 1 unspecified atom stereocenters. The normalized spacial score (nSPS) is 13.9. The smallest absolute Gasteiger partial charge is 0.118 e. The summed E-state index contributed by atoms with van der Waals surface area (Å²) in [5.41, 5.74) is 1.54. The van der Waals surface area contributed by atoms with Crippen molar-refractivity contribution in [2.75, 3.05) is 6.54 Å². The highest BCUT2D eigenvalue weighted by Gasteiger charge is 2.19. The molecule has 104 valence electrons. The third kappa shape index (κ3) is 4.25. The van der Waals surface area contributed by atoms with E-state index in [0.717, 1.165) is 17.8 Å². The fourth-order valence-corrected chi connectivity index (χ4v) is 2.11. The molecule has 3 nitrogen and oxygen atoms in total. The monoisotopic (exact) mass is 275 g/mol. The molecule has 1 heterocycles. The van der Waals surface area contributed by atoms with Crippen LogP contribution in [0.2, 0.25) is 5.02 Å². The zero-order valence-corrected chi connectivity index (χ0v) is 12.6. The van der Waals surface area contributed by atoms with Crippen LogP contribution in [0.3, 0.4) is 0 Å². The molecule has 0 aliphatic carbocycles. The summed E-state index contributed by atoms with van der Waals surface area (Å²) in [6, 6.07) is 0. The van der Waals surface area contributed by atoms with Crippen molar-refractivity contribution in [2.45, 2.75) is 52.2 Å². The first-order valence-corrected chi connectivity index (χ1v) is 6.71. The van der Waals surface area contributed by atoms with Gasteiger partial charge >= 0.3 is 0 Å². The van der Waals surface area contributed by atoms with Crippen LogP contribution in [0.5, 0.6) is 0 Å². The van der Waals surface area contributed by atoms with Gasteiger partial charge in [0.25, 0.3) is 0 Å². The lowest BCUT2D eigenvalue weighted by Gasteiger charge is -2.22. The van der Waals surface area contributed by atoms with Crippen molar-refractivity contribution >= 4 is 11.6 Å². The first-order valence-electron chi connectivity index (χ1n) is 6.34. The molecular weight excluding hydrogens is 253 g/mol. The van der Waals surface area contributed by atoms with Gasteiger partial charge in [0.2, 0.25) is 0 Å². The number of rotatable bonds is 5. The van der Waals surface area contributed by atoms with E-state index in [4.69, 9.17) is 11.6 Å². The second-order valence-corrected chi connectivity index (χ2v) is 5.99. The maximum atomic E-state index is 13.9. The van der Waals surface area contributed by atoms with Gasteiger partial charge in [0.1, 0.15) is 6.17 Å². The van der Waals surface area contributed by atoms with Gasteiger partial charge in [-0.2, -0.15) is 5.10 Å². The second kappa shape index (κ2) is 6.02. The minimum absolute atomic E-state index is 0.0742. The average Bonchev–Trinajstić information content (AvgIpc) is 2.53. The first-order chi connectivity index (χ1) is 8.24. The Morgan fingerprint density at radius 3 is 2.50 bits per heavy atom. The predicted molar refractivity (Wildman–Crippen MR) is 74.0 cm³/mol. The molecule has 18 heavy (non-hydrogen) atoms. The van der Waals surface area contributed by atoms with E-state index in [1.165, 1.54) is 0 Å². The molecule has 1 N–H and O–H groups in total. The minimum Gasteiger partial charge on any atom is -0.309 e. The lowest BCUT2D eigenvalue weighted by Crippen LogP contribution is -2.40. The molecule has 1 atom stereocenters. The highest BCUT2D eigenvalue weighted by Crippen LogP contribution is 2.22. The molecule has 1 aromatic heterocycles. The topological polar surface area (TPSA) is 29.9 Å². The van der Waals surface area contributed by atoms with Gasteiger partial charge in [-0.25, -0.2) is 4.39 Å². The summed E-state index contributed by atoms with van der Waals surface area (Å²) in [6.45, 7) is 8.38. The number of halogens is 2. The van der Waals surface area contributed by atoms with Gasteiger partial charge in [0.15, 0.2) is 0 Å². The first kappa shape index (κ1) is 15.4. The van der Waals surface area contributed by atoms with Crippen LogP contribution in [0.4, 0.5) is 4.39 Å². The summed E-state index contributed by atoms with van der Waals surface area (Å²) in [5.74, 6) is 0. The molecule has 1 rings (SSSR count). The summed E-state index contributed by atoms with van der Waals surface area (Å²) in [5, 5.41) is 8.05. The molecule has 0 radical (unpaired) electrons. The van der Waals surface area contributed by atoms with E-state index in [1.807, 2.05) is 34.7 Å². The van der Waals surface area contributed by atoms with Crippen molar-refractivity contribution in [2.24, 2.45) is 7.05 Å². The lowest BCUT2D eigenvalue weighted by atomic mass is 10.1. The maximum Gasteiger partial charge on any atom is 0.118 e. The maximum absolute atomic E-state index is 13.9. The van der Waals surface area contributed by atoms with E-state index in [9.17, 15) is 4.39 Å². The van der Waals surface area contributed by atoms with Crippen LogP contribution >= 0.6 is 11.6 Å². The van der Waals surface area contributed by atoms with Crippen molar-refractivity contribution in [3.05, 3.63) is 16.4 Å². The molecule has 0 aliphatic heterocycles. The molecule has 0 saturated heterocycles. The Bertz CT molecular complexity index is 396. The van der Waals surface area contributed by atoms with Gasteiger partial charge < -0.3 is 5.32 Å².